The first-order chi connectivity index (χ1) is 8.09. The van der Waals surface area contributed by atoms with E-state index in [4.69, 9.17) is 0 Å². The predicted molar refractivity (Wildman–Crippen MR) is 62.9 cm³/mol. The Labute approximate surface area is 107 Å². The molecule has 0 aliphatic heterocycles. The van der Waals surface area contributed by atoms with Gasteiger partial charge < -0.3 is 0 Å². The van der Waals surface area contributed by atoms with Crippen LogP contribution in [0.3, 0.4) is 0 Å². The van der Waals surface area contributed by atoms with Crippen molar-refractivity contribution >= 4 is 11.6 Å². The van der Waals surface area contributed by atoms with Gasteiger partial charge in [0.05, 0.1) is 0 Å². The van der Waals surface area contributed by atoms with Gasteiger partial charge in [-0.15, -0.1) is 0 Å². The number of carbonyl (C=O) groups excluding carboxylic acids is 2. The molecule has 0 atom stereocenters. The van der Waals surface area contributed by atoms with Crippen molar-refractivity contribution < 1.29 is 24.5 Å². The normalized spacial score (nSPS) is 18.7. The van der Waals surface area contributed by atoms with Gasteiger partial charge in [-0.3, -0.25) is 0 Å². The average Bonchev–Trinajstić information content (AvgIpc) is 2.86. The summed E-state index contributed by atoms with van der Waals surface area (Å²) in [5.74, 6) is 0.231. The SMILES string of the molecule is CC(=O)C1=[C]([Fe][C]2=C(C(C)=O)C=CC2)CC=C1. The number of hydrogen-bond donors (Lipinski definition) is 0. The molecule has 0 saturated carbocycles. The van der Waals surface area contributed by atoms with Gasteiger partial charge in [0.15, 0.2) is 0 Å². The van der Waals surface area contributed by atoms with Crippen LogP contribution in [0.25, 0.3) is 0 Å². The molecule has 2 aliphatic carbocycles. The van der Waals surface area contributed by atoms with Crippen LogP contribution in [-0.4, -0.2) is 11.6 Å². The fourth-order valence-electron chi connectivity index (χ4n) is 1.86. The third kappa shape index (κ3) is 2.56. The van der Waals surface area contributed by atoms with Crippen LogP contribution in [0.15, 0.2) is 44.4 Å². The van der Waals surface area contributed by atoms with Crippen LogP contribution in [0, 0.1) is 0 Å². The maximum absolute atomic E-state index is 11.4. The molecule has 0 saturated heterocycles. The Bertz CT molecular complexity index is 458. The zero-order valence-corrected chi connectivity index (χ0v) is 11.0. The van der Waals surface area contributed by atoms with Crippen molar-refractivity contribution in [3.8, 4) is 0 Å². The summed E-state index contributed by atoms with van der Waals surface area (Å²) in [6, 6.07) is 0. The van der Waals surface area contributed by atoms with E-state index in [-0.39, 0.29) is 11.6 Å². The second-order valence-electron chi connectivity index (χ2n) is 4.02. The number of Topliss-reactive ketones (excluding diaryl/α,β-unsaturated/α-hetero) is 2. The van der Waals surface area contributed by atoms with E-state index in [1.807, 2.05) is 24.3 Å². The van der Waals surface area contributed by atoms with E-state index in [0.29, 0.717) is 0 Å². The number of rotatable bonds is 4. The van der Waals surface area contributed by atoms with Crippen LogP contribution in [0.1, 0.15) is 26.7 Å². The van der Waals surface area contributed by atoms with Gasteiger partial charge in [0, 0.05) is 0 Å². The summed E-state index contributed by atoms with van der Waals surface area (Å²) >= 11 is 0.754. The molecule has 3 heteroatoms. The fourth-order valence-corrected chi connectivity index (χ4v) is 3.61. The Morgan fingerprint density at radius 2 is 1.35 bits per heavy atom. The van der Waals surface area contributed by atoms with Crippen LogP contribution in [0.5, 0.6) is 0 Å². The van der Waals surface area contributed by atoms with Crippen LogP contribution in [0.2, 0.25) is 0 Å². The van der Waals surface area contributed by atoms with E-state index < -0.39 is 0 Å². The minimum absolute atomic E-state index is 0.115. The van der Waals surface area contributed by atoms with E-state index >= 15 is 0 Å². The van der Waals surface area contributed by atoms with Gasteiger partial charge in [0.2, 0.25) is 0 Å². The Morgan fingerprint density at radius 1 is 0.941 bits per heavy atom. The molecular formula is C14H14FeO2. The van der Waals surface area contributed by atoms with Crippen molar-refractivity contribution in [2.24, 2.45) is 0 Å². The third-order valence-corrected chi connectivity index (χ3v) is 4.41. The number of carbonyl (C=O) groups is 2. The van der Waals surface area contributed by atoms with Gasteiger partial charge >= 0.3 is 107 Å². The molecule has 0 fully saturated rings. The average molecular weight is 270 g/mol. The summed E-state index contributed by atoms with van der Waals surface area (Å²) in [4.78, 5) is 22.9. The molecule has 0 aromatic carbocycles. The Balaban J connectivity index is 2.23. The van der Waals surface area contributed by atoms with Crippen molar-refractivity contribution in [2.45, 2.75) is 26.7 Å². The standard InChI is InChI=1S/2C7H7O.Fe/c2*1-6(8)7-4-2-3-5-7;/h2*2,4H,3H2,1H3;. The van der Waals surface area contributed by atoms with Crippen LogP contribution < -0.4 is 0 Å². The molecule has 0 heterocycles. The summed E-state index contributed by atoms with van der Waals surface area (Å²) in [5.41, 5.74) is 1.65. The topological polar surface area (TPSA) is 34.1 Å². The first kappa shape index (κ1) is 12.3. The van der Waals surface area contributed by atoms with E-state index in [1.54, 1.807) is 13.8 Å². The van der Waals surface area contributed by atoms with E-state index in [0.717, 1.165) is 47.9 Å². The zero-order chi connectivity index (χ0) is 12.4. The molecule has 0 spiro atoms. The van der Waals surface area contributed by atoms with Crippen molar-refractivity contribution in [1.82, 2.24) is 0 Å². The Kier molecular flexibility index (Phi) is 3.60. The minimum atomic E-state index is 0.115. The number of hydrogen-bond acceptors (Lipinski definition) is 2. The molecule has 0 aromatic rings. The molecule has 2 aliphatic rings. The molecule has 2 rings (SSSR count). The van der Waals surface area contributed by atoms with Crippen molar-refractivity contribution in [1.29, 1.82) is 0 Å². The maximum atomic E-state index is 11.4. The Hall–Kier alpha value is -1.18. The first-order valence-corrected chi connectivity index (χ1v) is 6.63. The van der Waals surface area contributed by atoms with E-state index in [1.165, 1.54) is 0 Å². The first-order valence-electron chi connectivity index (χ1n) is 5.53. The summed E-state index contributed by atoms with van der Waals surface area (Å²) in [6.45, 7) is 3.19. The summed E-state index contributed by atoms with van der Waals surface area (Å²) in [7, 11) is 0. The van der Waals surface area contributed by atoms with Crippen molar-refractivity contribution in [2.75, 3.05) is 0 Å². The summed E-state index contributed by atoms with van der Waals surface area (Å²) in [5, 5.41) is 0. The molecule has 0 aromatic heterocycles. The molecule has 0 radical (unpaired) electrons. The number of allylic oxidation sites excluding steroid dienone is 8. The van der Waals surface area contributed by atoms with Crippen molar-refractivity contribution in [3.63, 3.8) is 0 Å². The van der Waals surface area contributed by atoms with Gasteiger partial charge in [-0.25, -0.2) is 0 Å². The molecular weight excluding hydrogens is 256 g/mol. The number of ketones is 2. The predicted octanol–water partition coefficient (Wildman–Crippen LogP) is 2.67. The van der Waals surface area contributed by atoms with Crippen molar-refractivity contribution in [3.05, 3.63) is 44.4 Å². The van der Waals surface area contributed by atoms with Crippen LogP contribution >= 0.6 is 0 Å². The summed E-state index contributed by atoms with van der Waals surface area (Å²) < 4.78 is 2.30. The molecule has 0 amide bonds. The molecule has 90 valence electrons. The van der Waals surface area contributed by atoms with Gasteiger partial charge in [-0.1, -0.05) is 0 Å². The molecule has 17 heavy (non-hydrogen) atoms. The summed E-state index contributed by atoms with van der Waals surface area (Å²) in [6.07, 6.45) is 9.50. The monoisotopic (exact) mass is 270 g/mol. The fraction of sp³-hybridized carbons (Fsp3) is 0.286. The van der Waals surface area contributed by atoms with Crippen LogP contribution in [0.4, 0.5) is 0 Å². The molecule has 0 unspecified atom stereocenters. The van der Waals surface area contributed by atoms with Gasteiger partial charge in [0.25, 0.3) is 0 Å². The second-order valence-corrected chi connectivity index (χ2v) is 5.63. The third-order valence-electron chi connectivity index (χ3n) is 2.70. The Morgan fingerprint density at radius 3 is 1.71 bits per heavy atom. The van der Waals surface area contributed by atoms with Gasteiger partial charge in [0.1, 0.15) is 0 Å². The molecule has 2 nitrogen and oxygen atoms in total. The quantitative estimate of drug-likeness (QED) is 0.736. The zero-order valence-electron chi connectivity index (χ0n) is 9.89. The van der Waals surface area contributed by atoms with E-state index in [9.17, 15) is 9.59 Å². The van der Waals surface area contributed by atoms with Crippen LogP contribution in [-0.2, 0) is 24.5 Å². The molecule has 0 N–H and O–H groups in total. The molecule has 0 bridgehead atoms. The van der Waals surface area contributed by atoms with Gasteiger partial charge in [-0.2, -0.15) is 0 Å². The van der Waals surface area contributed by atoms with E-state index in [2.05, 4.69) is 0 Å². The van der Waals surface area contributed by atoms with Gasteiger partial charge in [-0.05, 0) is 0 Å². The second kappa shape index (κ2) is 4.99.